The van der Waals surface area contributed by atoms with Crippen LogP contribution in [0.5, 0.6) is 11.5 Å². The number of thioether (sulfide) groups is 2. The fraction of sp³-hybridized carbons (Fsp3) is 0.320. The van der Waals surface area contributed by atoms with E-state index in [1.165, 1.54) is 0 Å². The number of anilines is 1. The van der Waals surface area contributed by atoms with Crippen LogP contribution in [0.1, 0.15) is 32.8 Å². The van der Waals surface area contributed by atoms with Gasteiger partial charge in [0, 0.05) is 10.6 Å². The molecule has 0 bridgehead atoms. The smallest absolute Gasteiger partial charge is 0.294 e. The summed E-state index contributed by atoms with van der Waals surface area (Å²) in [7, 11) is 0. The van der Waals surface area contributed by atoms with E-state index < -0.39 is 17.1 Å². The SMILES string of the molecule is CCOc1cc(/C=C2/SC(=O)N(CC(=O)Nc3cccc(SC)c3)C2=O)ccc1O[C@@H](C)CC. The molecule has 1 heterocycles. The largest absolute Gasteiger partial charge is 0.490 e. The van der Waals surface area contributed by atoms with Gasteiger partial charge >= 0.3 is 0 Å². The maximum Gasteiger partial charge on any atom is 0.294 e. The van der Waals surface area contributed by atoms with Gasteiger partial charge < -0.3 is 14.8 Å². The van der Waals surface area contributed by atoms with Crippen molar-refractivity contribution in [3.05, 3.63) is 52.9 Å². The topological polar surface area (TPSA) is 84.9 Å². The summed E-state index contributed by atoms with van der Waals surface area (Å²) in [6.07, 6.45) is 4.46. The van der Waals surface area contributed by atoms with Crippen molar-refractivity contribution in [2.45, 2.75) is 38.2 Å². The molecule has 1 fully saturated rings. The second kappa shape index (κ2) is 12.0. The van der Waals surface area contributed by atoms with Crippen LogP contribution in [-0.2, 0) is 9.59 Å². The maximum absolute atomic E-state index is 12.8. The zero-order chi connectivity index (χ0) is 24.7. The molecule has 1 aliphatic heterocycles. The molecule has 0 unspecified atom stereocenters. The highest BCUT2D eigenvalue weighted by molar-refractivity contribution is 8.18. The second-order valence-corrected chi connectivity index (χ2v) is 9.40. The minimum Gasteiger partial charge on any atom is -0.490 e. The molecule has 0 spiro atoms. The van der Waals surface area contributed by atoms with Crippen molar-refractivity contribution in [2.75, 3.05) is 24.7 Å². The van der Waals surface area contributed by atoms with Crippen LogP contribution in [0.25, 0.3) is 6.08 Å². The Morgan fingerprint density at radius 3 is 2.68 bits per heavy atom. The quantitative estimate of drug-likeness (QED) is 0.333. The molecular formula is C25H28N2O5S2. The average molecular weight is 501 g/mol. The molecule has 1 N–H and O–H groups in total. The lowest BCUT2D eigenvalue weighted by Crippen LogP contribution is -2.36. The number of ether oxygens (including phenoxy) is 2. The molecule has 1 aliphatic rings. The highest BCUT2D eigenvalue weighted by Gasteiger charge is 2.36. The normalized spacial score (nSPS) is 15.5. The maximum atomic E-state index is 12.8. The van der Waals surface area contributed by atoms with Crippen LogP contribution in [0.3, 0.4) is 0 Å². The minimum atomic E-state index is -0.499. The lowest BCUT2D eigenvalue weighted by molar-refractivity contribution is -0.127. The highest BCUT2D eigenvalue weighted by Crippen LogP contribution is 2.35. The third-order valence-corrected chi connectivity index (χ3v) is 6.63. The molecule has 1 atom stereocenters. The van der Waals surface area contributed by atoms with Crippen LogP contribution in [-0.4, -0.2) is 47.5 Å². The number of carbonyl (C=O) groups excluding carboxylic acids is 3. The number of amides is 3. The monoisotopic (exact) mass is 500 g/mol. The van der Waals surface area contributed by atoms with E-state index in [1.54, 1.807) is 42.1 Å². The molecule has 2 aromatic rings. The van der Waals surface area contributed by atoms with E-state index >= 15 is 0 Å². The van der Waals surface area contributed by atoms with Crippen LogP contribution in [0, 0.1) is 0 Å². The molecule has 0 saturated carbocycles. The zero-order valence-electron chi connectivity index (χ0n) is 19.6. The van der Waals surface area contributed by atoms with Gasteiger partial charge in [0.25, 0.3) is 11.1 Å². The molecule has 3 amide bonds. The number of nitrogens with zero attached hydrogens (tertiary/aromatic N) is 1. The first-order valence-electron chi connectivity index (χ1n) is 11.0. The molecule has 0 aromatic heterocycles. The minimum absolute atomic E-state index is 0.0379. The van der Waals surface area contributed by atoms with Gasteiger partial charge in [0.2, 0.25) is 5.91 Å². The number of benzene rings is 2. The summed E-state index contributed by atoms with van der Waals surface area (Å²) < 4.78 is 11.6. The Morgan fingerprint density at radius 1 is 1.18 bits per heavy atom. The van der Waals surface area contributed by atoms with Crippen molar-refractivity contribution >= 4 is 52.3 Å². The van der Waals surface area contributed by atoms with Gasteiger partial charge in [-0.05, 0) is 80.3 Å². The highest BCUT2D eigenvalue weighted by atomic mass is 32.2. The molecule has 7 nitrogen and oxygen atoms in total. The van der Waals surface area contributed by atoms with E-state index in [4.69, 9.17) is 9.47 Å². The van der Waals surface area contributed by atoms with E-state index in [1.807, 2.05) is 45.2 Å². The second-order valence-electron chi connectivity index (χ2n) is 7.52. The number of rotatable bonds is 10. The first kappa shape index (κ1) is 25.7. The number of carbonyl (C=O) groups is 3. The van der Waals surface area contributed by atoms with Crippen LogP contribution in [0.4, 0.5) is 10.5 Å². The molecule has 180 valence electrons. The fourth-order valence-electron chi connectivity index (χ4n) is 3.11. The summed E-state index contributed by atoms with van der Waals surface area (Å²) >= 11 is 2.37. The number of nitrogens with one attached hydrogen (secondary N) is 1. The molecule has 9 heteroatoms. The number of hydrogen-bond donors (Lipinski definition) is 1. The third kappa shape index (κ3) is 6.57. The Morgan fingerprint density at radius 2 is 1.97 bits per heavy atom. The van der Waals surface area contributed by atoms with Gasteiger partial charge in [-0.2, -0.15) is 0 Å². The van der Waals surface area contributed by atoms with Crippen molar-refractivity contribution in [1.82, 2.24) is 4.90 Å². The molecule has 0 aliphatic carbocycles. The third-order valence-electron chi connectivity index (χ3n) is 5.00. The van der Waals surface area contributed by atoms with Gasteiger partial charge in [-0.15, -0.1) is 11.8 Å². The average Bonchev–Trinajstić information content (AvgIpc) is 3.08. The Bertz CT molecular complexity index is 1100. The Kier molecular flexibility index (Phi) is 9.06. The van der Waals surface area contributed by atoms with Crippen LogP contribution < -0.4 is 14.8 Å². The van der Waals surface area contributed by atoms with Crippen LogP contribution in [0.15, 0.2) is 52.3 Å². The molecule has 3 rings (SSSR count). The fourth-order valence-corrected chi connectivity index (χ4v) is 4.41. The Balaban J connectivity index is 1.72. The summed E-state index contributed by atoms with van der Waals surface area (Å²) in [5, 5.41) is 2.26. The molecular weight excluding hydrogens is 472 g/mol. The van der Waals surface area contributed by atoms with E-state index in [0.29, 0.717) is 29.4 Å². The molecule has 2 aromatic carbocycles. The van der Waals surface area contributed by atoms with Gasteiger partial charge in [0.1, 0.15) is 6.54 Å². The van der Waals surface area contributed by atoms with E-state index in [9.17, 15) is 14.4 Å². The first-order valence-corrected chi connectivity index (χ1v) is 13.0. The van der Waals surface area contributed by atoms with E-state index in [-0.39, 0.29) is 17.6 Å². The molecule has 0 radical (unpaired) electrons. The molecule has 1 saturated heterocycles. The summed E-state index contributed by atoms with van der Waals surface area (Å²) in [6.45, 7) is 6.02. The standard InChI is InChI=1S/C25H28N2O5S2/c1-5-16(3)32-20-11-10-17(12-21(20)31-6-2)13-22-24(29)27(25(30)34-22)15-23(28)26-18-8-7-9-19(14-18)33-4/h7-14,16H,5-6,15H2,1-4H3,(H,26,28)/b22-13+/t16-/m0/s1. The Labute approximate surface area is 208 Å². The summed E-state index contributed by atoms with van der Waals surface area (Å²) in [5.41, 5.74) is 1.31. The summed E-state index contributed by atoms with van der Waals surface area (Å²) in [4.78, 5) is 40.0. The van der Waals surface area contributed by atoms with Gasteiger partial charge in [-0.25, -0.2) is 0 Å². The lowest BCUT2D eigenvalue weighted by Gasteiger charge is -2.16. The van der Waals surface area contributed by atoms with Crippen molar-refractivity contribution in [2.24, 2.45) is 0 Å². The van der Waals surface area contributed by atoms with Gasteiger partial charge in [0.05, 0.1) is 17.6 Å². The zero-order valence-corrected chi connectivity index (χ0v) is 21.3. The summed E-state index contributed by atoms with van der Waals surface area (Å²) in [5.74, 6) is 0.263. The van der Waals surface area contributed by atoms with E-state index in [2.05, 4.69) is 5.32 Å². The predicted molar refractivity (Wildman–Crippen MR) is 138 cm³/mol. The predicted octanol–water partition coefficient (Wildman–Crippen LogP) is 5.66. The summed E-state index contributed by atoms with van der Waals surface area (Å²) in [6, 6.07) is 12.7. The van der Waals surface area contributed by atoms with Crippen molar-refractivity contribution < 1.29 is 23.9 Å². The number of hydrogen-bond acceptors (Lipinski definition) is 7. The van der Waals surface area contributed by atoms with Gasteiger partial charge in [-0.3, -0.25) is 19.3 Å². The van der Waals surface area contributed by atoms with Crippen molar-refractivity contribution in [1.29, 1.82) is 0 Å². The van der Waals surface area contributed by atoms with Crippen LogP contribution >= 0.6 is 23.5 Å². The van der Waals surface area contributed by atoms with Crippen molar-refractivity contribution in [3.8, 4) is 11.5 Å². The first-order chi connectivity index (χ1) is 16.3. The lowest BCUT2D eigenvalue weighted by atomic mass is 10.1. The Hall–Kier alpha value is -2.91. The number of imide groups is 1. The van der Waals surface area contributed by atoms with Crippen molar-refractivity contribution in [3.63, 3.8) is 0 Å². The molecule has 34 heavy (non-hydrogen) atoms. The van der Waals surface area contributed by atoms with Gasteiger partial charge in [0.15, 0.2) is 11.5 Å². The van der Waals surface area contributed by atoms with Gasteiger partial charge in [-0.1, -0.05) is 19.1 Å². The van der Waals surface area contributed by atoms with Crippen LogP contribution in [0.2, 0.25) is 0 Å². The van der Waals surface area contributed by atoms with E-state index in [0.717, 1.165) is 28.0 Å².